The lowest BCUT2D eigenvalue weighted by Crippen LogP contribution is -2.35. The molecule has 7 heteroatoms. The van der Waals surface area contributed by atoms with Crippen molar-refractivity contribution in [1.82, 2.24) is 5.32 Å². The highest BCUT2D eigenvalue weighted by atomic mass is 35.5. The quantitative estimate of drug-likeness (QED) is 0.596. The second kappa shape index (κ2) is 7.21. The summed E-state index contributed by atoms with van der Waals surface area (Å²) in [5.74, 6) is -0.730. The van der Waals surface area contributed by atoms with Crippen LogP contribution in [-0.2, 0) is 11.3 Å². The first-order chi connectivity index (χ1) is 9.31. The number of hydrogen-bond acceptors (Lipinski definition) is 4. The van der Waals surface area contributed by atoms with Crippen molar-refractivity contribution < 1.29 is 14.8 Å². The largest absolute Gasteiger partial charge is 0.481 e. The smallest absolute Gasteiger partial charge is 0.304 e. The molecule has 1 rings (SSSR count). The van der Waals surface area contributed by atoms with Gasteiger partial charge in [0, 0.05) is 18.7 Å². The topological polar surface area (TPSA) is 92.5 Å². The predicted molar refractivity (Wildman–Crippen MR) is 75.8 cm³/mol. The van der Waals surface area contributed by atoms with Gasteiger partial charge in [0.15, 0.2) is 0 Å². The number of nitrogens with one attached hydrogen (secondary N) is 1. The first-order valence-electron chi connectivity index (χ1n) is 6.19. The number of hydrogen-bond donors (Lipinski definition) is 2. The van der Waals surface area contributed by atoms with E-state index in [1.54, 1.807) is 6.07 Å². The van der Waals surface area contributed by atoms with E-state index >= 15 is 0 Å². The molecule has 0 heterocycles. The van der Waals surface area contributed by atoms with Gasteiger partial charge in [-0.05, 0) is 17.5 Å². The van der Waals surface area contributed by atoms with E-state index in [1.165, 1.54) is 12.1 Å². The van der Waals surface area contributed by atoms with Crippen LogP contribution in [0.5, 0.6) is 0 Å². The van der Waals surface area contributed by atoms with Gasteiger partial charge in [0.2, 0.25) is 0 Å². The third-order valence-corrected chi connectivity index (χ3v) is 3.29. The molecule has 0 aromatic heterocycles. The first-order valence-corrected chi connectivity index (χ1v) is 6.57. The molecule has 0 saturated heterocycles. The van der Waals surface area contributed by atoms with Crippen molar-refractivity contribution in [3.63, 3.8) is 0 Å². The molecule has 1 aromatic rings. The van der Waals surface area contributed by atoms with Gasteiger partial charge in [-0.25, -0.2) is 0 Å². The summed E-state index contributed by atoms with van der Waals surface area (Å²) < 4.78 is 0. The third kappa shape index (κ3) is 4.79. The number of benzene rings is 1. The number of rotatable bonds is 7. The Labute approximate surface area is 121 Å². The average Bonchev–Trinajstić information content (AvgIpc) is 2.34. The van der Waals surface area contributed by atoms with Crippen molar-refractivity contribution in [2.75, 3.05) is 0 Å². The van der Waals surface area contributed by atoms with Crippen molar-refractivity contribution in [2.45, 2.75) is 32.9 Å². The minimum absolute atomic E-state index is 0.00729. The maximum absolute atomic E-state index is 10.8. The standard InChI is InChI=1S/C13H17ClN2O4/c1-8(2)11(6-13(17)18)15-7-9-3-4-10(14)12(5-9)16(19)20/h3-5,8,11,15H,6-7H2,1-2H3,(H,17,18)/t11-/m1/s1. The van der Waals surface area contributed by atoms with Crippen LogP contribution in [0.2, 0.25) is 5.02 Å². The van der Waals surface area contributed by atoms with Gasteiger partial charge in [-0.15, -0.1) is 0 Å². The van der Waals surface area contributed by atoms with Gasteiger partial charge < -0.3 is 10.4 Å². The molecule has 1 aromatic carbocycles. The van der Waals surface area contributed by atoms with E-state index in [4.69, 9.17) is 16.7 Å². The Morgan fingerprint density at radius 1 is 1.50 bits per heavy atom. The van der Waals surface area contributed by atoms with E-state index in [-0.39, 0.29) is 29.1 Å². The van der Waals surface area contributed by atoms with E-state index < -0.39 is 10.9 Å². The van der Waals surface area contributed by atoms with Crippen LogP contribution in [0, 0.1) is 16.0 Å². The second-order valence-corrected chi connectivity index (χ2v) is 5.28. The summed E-state index contributed by atoms with van der Waals surface area (Å²) in [6.45, 7) is 4.20. The Bertz CT molecular complexity index is 505. The van der Waals surface area contributed by atoms with Crippen LogP contribution in [0.4, 0.5) is 5.69 Å². The average molecular weight is 301 g/mol. The normalized spacial score (nSPS) is 12.4. The number of nitrogens with zero attached hydrogens (tertiary/aromatic N) is 1. The summed E-state index contributed by atoms with van der Waals surface area (Å²) in [5, 5.41) is 22.8. The minimum atomic E-state index is -0.877. The van der Waals surface area contributed by atoms with Gasteiger partial charge in [-0.3, -0.25) is 14.9 Å². The molecule has 0 radical (unpaired) electrons. The van der Waals surface area contributed by atoms with Crippen LogP contribution in [0.1, 0.15) is 25.8 Å². The molecule has 6 nitrogen and oxygen atoms in total. The predicted octanol–water partition coefficient (Wildman–Crippen LogP) is 2.84. The summed E-state index contributed by atoms with van der Waals surface area (Å²) in [6.07, 6.45) is 0.00729. The maximum atomic E-state index is 10.8. The molecule has 1 atom stereocenters. The molecule has 2 N–H and O–H groups in total. The van der Waals surface area contributed by atoms with E-state index in [0.717, 1.165) is 0 Å². The van der Waals surface area contributed by atoms with E-state index in [2.05, 4.69) is 5.32 Å². The summed E-state index contributed by atoms with van der Waals surface area (Å²) in [4.78, 5) is 21.0. The lowest BCUT2D eigenvalue weighted by Gasteiger charge is -2.20. The van der Waals surface area contributed by atoms with E-state index in [0.29, 0.717) is 12.1 Å². The highest BCUT2D eigenvalue weighted by molar-refractivity contribution is 6.32. The summed E-state index contributed by atoms with van der Waals surface area (Å²) >= 11 is 5.73. The van der Waals surface area contributed by atoms with Crippen molar-refractivity contribution >= 4 is 23.3 Å². The summed E-state index contributed by atoms with van der Waals surface area (Å²) in [5.41, 5.74) is 0.544. The van der Waals surface area contributed by atoms with Crippen molar-refractivity contribution in [3.05, 3.63) is 38.9 Å². The second-order valence-electron chi connectivity index (χ2n) is 4.87. The molecule has 0 unspecified atom stereocenters. The van der Waals surface area contributed by atoms with Gasteiger partial charge in [0.1, 0.15) is 5.02 Å². The Kier molecular flexibility index (Phi) is 5.91. The fraction of sp³-hybridized carbons (Fsp3) is 0.462. The number of carboxylic acid groups (broad SMARTS) is 1. The van der Waals surface area contributed by atoms with Crippen LogP contribution >= 0.6 is 11.6 Å². The van der Waals surface area contributed by atoms with Crippen molar-refractivity contribution in [2.24, 2.45) is 5.92 Å². The maximum Gasteiger partial charge on any atom is 0.304 e. The fourth-order valence-electron chi connectivity index (χ4n) is 1.79. The molecule has 0 saturated carbocycles. The molecule has 0 spiro atoms. The third-order valence-electron chi connectivity index (χ3n) is 2.97. The van der Waals surface area contributed by atoms with Gasteiger partial charge >= 0.3 is 5.97 Å². The molecular weight excluding hydrogens is 284 g/mol. The fourth-order valence-corrected chi connectivity index (χ4v) is 1.98. The Morgan fingerprint density at radius 3 is 2.65 bits per heavy atom. The number of carbonyl (C=O) groups is 1. The SMILES string of the molecule is CC(C)[C@@H](CC(=O)O)NCc1ccc(Cl)c([N+](=O)[O-])c1. The molecule has 0 bridgehead atoms. The van der Waals surface area contributed by atoms with Crippen LogP contribution in [-0.4, -0.2) is 22.0 Å². The number of carboxylic acids is 1. The Hall–Kier alpha value is -1.66. The lowest BCUT2D eigenvalue weighted by atomic mass is 10.0. The monoisotopic (exact) mass is 300 g/mol. The van der Waals surface area contributed by atoms with Crippen LogP contribution < -0.4 is 5.32 Å². The number of nitro benzene ring substituents is 1. The van der Waals surface area contributed by atoms with Gasteiger partial charge in [-0.2, -0.15) is 0 Å². The number of nitro groups is 1. The zero-order valence-corrected chi connectivity index (χ0v) is 12.1. The van der Waals surface area contributed by atoms with Crippen molar-refractivity contribution in [3.8, 4) is 0 Å². The van der Waals surface area contributed by atoms with Gasteiger partial charge in [0.25, 0.3) is 5.69 Å². The Balaban J connectivity index is 2.75. The van der Waals surface area contributed by atoms with Crippen LogP contribution in [0.25, 0.3) is 0 Å². The minimum Gasteiger partial charge on any atom is -0.481 e. The molecule has 0 fully saturated rings. The van der Waals surface area contributed by atoms with Crippen LogP contribution in [0.3, 0.4) is 0 Å². The molecule has 20 heavy (non-hydrogen) atoms. The zero-order valence-electron chi connectivity index (χ0n) is 11.3. The van der Waals surface area contributed by atoms with Gasteiger partial charge in [-0.1, -0.05) is 31.5 Å². The molecule has 0 aliphatic carbocycles. The van der Waals surface area contributed by atoms with E-state index in [1.807, 2.05) is 13.8 Å². The molecule has 0 aliphatic heterocycles. The first kappa shape index (κ1) is 16.4. The van der Waals surface area contributed by atoms with Crippen LogP contribution in [0.15, 0.2) is 18.2 Å². The van der Waals surface area contributed by atoms with Crippen molar-refractivity contribution in [1.29, 1.82) is 0 Å². The summed E-state index contributed by atoms with van der Waals surface area (Å²) in [6, 6.07) is 4.36. The highest BCUT2D eigenvalue weighted by Crippen LogP contribution is 2.25. The lowest BCUT2D eigenvalue weighted by molar-refractivity contribution is -0.384. The Morgan fingerprint density at radius 2 is 2.15 bits per heavy atom. The number of halogens is 1. The molecular formula is C13H17ClN2O4. The molecule has 0 aliphatic rings. The van der Waals surface area contributed by atoms with Gasteiger partial charge in [0.05, 0.1) is 11.3 Å². The number of aliphatic carboxylic acids is 1. The molecule has 0 amide bonds. The highest BCUT2D eigenvalue weighted by Gasteiger charge is 2.17. The zero-order chi connectivity index (χ0) is 15.3. The molecule has 110 valence electrons. The summed E-state index contributed by atoms with van der Waals surface area (Å²) in [7, 11) is 0. The van der Waals surface area contributed by atoms with E-state index in [9.17, 15) is 14.9 Å².